The van der Waals surface area contributed by atoms with Crippen LogP contribution in [0.4, 0.5) is 0 Å². The number of amides is 1. The SMILES string of the molecule is O=C(O)CNC(=O)c1ncc(-c2cn(Cc3ccc4ccccc4c3)nn2)cc1O. The summed E-state index contributed by atoms with van der Waals surface area (Å²) in [5.74, 6) is -2.34. The fraction of sp³-hybridized carbons (Fsp3) is 0.0952. The second-order valence-corrected chi connectivity index (χ2v) is 6.65. The van der Waals surface area contributed by atoms with Crippen molar-refractivity contribution in [2.24, 2.45) is 0 Å². The molecule has 0 bridgehead atoms. The Balaban J connectivity index is 1.51. The molecule has 0 aliphatic rings. The van der Waals surface area contributed by atoms with Gasteiger partial charge in [0, 0.05) is 11.8 Å². The zero-order valence-electron chi connectivity index (χ0n) is 15.7. The van der Waals surface area contributed by atoms with Gasteiger partial charge in [0.25, 0.3) is 5.91 Å². The summed E-state index contributed by atoms with van der Waals surface area (Å²) in [6.07, 6.45) is 3.09. The zero-order chi connectivity index (χ0) is 21.1. The predicted octanol–water partition coefficient (Wildman–Crippen LogP) is 2.06. The Kier molecular flexibility index (Phi) is 5.08. The number of nitrogens with one attached hydrogen (secondary N) is 1. The lowest BCUT2D eigenvalue weighted by Gasteiger charge is -2.05. The number of benzene rings is 2. The first kappa shape index (κ1) is 19.1. The molecule has 0 aliphatic heterocycles. The monoisotopic (exact) mass is 403 g/mol. The Morgan fingerprint density at radius 2 is 1.87 bits per heavy atom. The number of rotatable bonds is 6. The number of aromatic nitrogens is 4. The molecule has 0 radical (unpaired) electrons. The highest BCUT2D eigenvalue weighted by Gasteiger charge is 2.16. The number of aliphatic carboxylic acids is 1. The van der Waals surface area contributed by atoms with Crippen LogP contribution in [0, 0.1) is 0 Å². The fourth-order valence-corrected chi connectivity index (χ4v) is 3.04. The second-order valence-electron chi connectivity index (χ2n) is 6.65. The first-order valence-corrected chi connectivity index (χ1v) is 9.07. The van der Waals surface area contributed by atoms with Crippen molar-refractivity contribution in [1.82, 2.24) is 25.3 Å². The molecule has 0 fully saturated rings. The molecule has 3 N–H and O–H groups in total. The van der Waals surface area contributed by atoms with E-state index >= 15 is 0 Å². The summed E-state index contributed by atoms with van der Waals surface area (Å²) in [4.78, 5) is 26.4. The van der Waals surface area contributed by atoms with E-state index in [1.165, 1.54) is 12.3 Å². The number of aromatic hydroxyl groups is 1. The fourth-order valence-electron chi connectivity index (χ4n) is 3.04. The number of carbonyl (C=O) groups excluding carboxylic acids is 1. The summed E-state index contributed by atoms with van der Waals surface area (Å²) in [6.45, 7) is -0.0439. The van der Waals surface area contributed by atoms with Crippen molar-refractivity contribution in [3.8, 4) is 17.0 Å². The first-order chi connectivity index (χ1) is 14.5. The summed E-state index contributed by atoms with van der Waals surface area (Å²) >= 11 is 0. The highest BCUT2D eigenvalue weighted by atomic mass is 16.4. The van der Waals surface area contributed by atoms with E-state index in [0.717, 1.165) is 16.3 Å². The maximum absolute atomic E-state index is 11.9. The van der Waals surface area contributed by atoms with Gasteiger partial charge < -0.3 is 15.5 Å². The third-order valence-electron chi connectivity index (χ3n) is 4.48. The van der Waals surface area contributed by atoms with Crippen molar-refractivity contribution in [3.63, 3.8) is 0 Å². The Morgan fingerprint density at radius 1 is 1.07 bits per heavy atom. The molecule has 2 heterocycles. The van der Waals surface area contributed by atoms with Crippen molar-refractivity contribution in [3.05, 3.63) is 72.2 Å². The normalized spacial score (nSPS) is 10.8. The van der Waals surface area contributed by atoms with E-state index in [0.29, 0.717) is 17.8 Å². The van der Waals surface area contributed by atoms with Crippen LogP contribution < -0.4 is 5.32 Å². The second kappa shape index (κ2) is 8.00. The van der Waals surface area contributed by atoms with Crippen molar-refractivity contribution in [1.29, 1.82) is 0 Å². The van der Waals surface area contributed by atoms with Gasteiger partial charge in [0.2, 0.25) is 0 Å². The van der Waals surface area contributed by atoms with Crippen molar-refractivity contribution < 1.29 is 19.8 Å². The largest absolute Gasteiger partial charge is 0.505 e. The Labute approximate surface area is 170 Å². The number of carboxylic acids is 1. The molecule has 0 atom stereocenters. The number of pyridine rings is 1. The standard InChI is InChI=1S/C21H17N5O4/c27-18-8-16(9-22-20(18)21(30)23-10-19(28)29)17-12-26(25-24-17)11-13-5-6-14-3-1-2-4-15(14)7-13/h1-9,12,27H,10-11H2,(H,23,30)(H,28,29). The van der Waals surface area contributed by atoms with Crippen molar-refractivity contribution in [2.75, 3.05) is 6.54 Å². The first-order valence-electron chi connectivity index (χ1n) is 9.07. The summed E-state index contributed by atoms with van der Waals surface area (Å²) in [5.41, 5.74) is 1.77. The summed E-state index contributed by atoms with van der Waals surface area (Å²) < 4.78 is 1.67. The molecule has 150 valence electrons. The number of carboxylic acid groups (broad SMARTS) is 1. The highest BCUT2D eigenvalue weighted by Crippen LogP contribution is 2.23. The van der Waals surface area contributed by atoms with Crippen LogP contribution in [0.5, 0.6) is 5.75 Å². The molecular weight excluding hydrogens is 386 g/mol. The molecule has 4 rings (SSSR count). The molecule has 9 heteroatoms. The molecule has 1 amide bonds. The van der Waals surface area contributed by atoms with E-state index in [-0.39, 0.29) is 11.4 Å². The lowest BCUT2D eigenvalue weighted by atomic mass is 10.1. The summed E-state index contributed by atoms with van der Waals surface area (Å²) in [5, 5.41) is 31.4. The molecular formula is C21H17N5O4. The van der Waals surface area contributed by atoms with E-state index in [4.69, 9.17) is 5.11 Å². The van der Waals surface area contributed by atoms with E-state index in [2.05, 4.69) is 38.8 Å². The van der Waals surface area contributed by atoms with E-state index in [1.54, 1.807) is 10.9 Å². The molecule has 9 nitrogen and oxygen atoms in total. The van der Waals surface area contributed by atoms with Crippen LogP contribution in [0.3, 0.4) is 0 Å². The van der Waals surface area contributed by atoms with E-state index < -0.39 is 18.4 Å². The molecule has 2 aromatic heterocycles. The van der Waals surface area contributed by atoms with Crippen molar-refractivity contribution >= 4 is 22.6 Å². The minimum Gasteiger partial charge on any atom is -0.505 e. The highest BCUT2D eigenvalue weighted by molar-refractivity contribution is 5.96. The Bertz CT molecular complexity index is 1250. The number of hydrogen-bond donors (Lipinski definition) is 3. The third-order valence-corrected chi connectivity index (χ3v) is 4.48. The zero-order valence-corrected chi connectivity index (χ0v) is 15.7. The van der Waals surface area contributed by atoms with Crippen molar-refractivity contribution in [2.45, 2.75) is 6.54 Å². The van der Waals surface area contributed by atoms with Gasteiger partial charge in [0.05, 0.1) is 12.7 Å². The van der Waals surface area contributed by atoms with E-state index in [9.17, 15) is 14.7 Å². The van der Waals surface area contributed by atoms with Crippen LogP contribution in [0.25, 0.3) is 22.0 Å². The van der Waals surface area contributed by atoms with Gasteiger partial charge >= 0.3 is 5.97 Å². The van der Waals surface area contributed by atoms with Crippen LogP contribution in [-0.4, -0.2) is 48.6 Å². The van der Waals surface area contributed by atoms with Crippen LogP contribution >= 0.6 is 0 Å². The number of hydrogen-bond acceptors (Lipinski definition) is 6. The van der Waals surface area contributed by atoms with Gasteiger partial charge in [-0.25, -0.2) is 9.67 Å². The predicted molar refractivity (Wildman–Crippen MR) is 108 cm³/mol. The van der Waals surface area contributed by atoms with Gasteiger partial charge in [-0.3, -0.25) is 9.59 Å². The molecule has 0 unspecified atom stereocenters. The minimum atomic E-state index is -1.19. The average Bonchev–Trinajstić information content (AvgIpc) is 3.20. The smallest absolute Gasteiger partial charge is 0.322 e. The van der Waals surface area contributed by atoms with Gasteiger partial charge in [0.1, 0.15) is 18.0 Å². The van der Waals surface area contributed by atoms with Crippen LogP contribution in [0.2, 0.25) is 0 Å². The lowest BCUT2D eigenvalue weighted by Crippen LogP contribution is -2.29. The summed E-state index contributed by atoms with van der Waals surface area (Å²) in [6, 6.07) is 15.6. The molecule has 0 aliphatic carbocycles. The molecule has 0 saturated heterocycles. The molecule has 0 spiro atoms. The van der Waals surface area contributed by atoms with Gasteiger partial charge in [0.15, 0.2) is 5.69 Å². The van der Waals surface area contributed by atoms with Crippen LogP contribution in [0.15, 0.2) is 60.9 Å². The topological polar surface area (TPSA) is 130 Å². The summed E-state index contributed by atoms with van der Waals surface area (Å²) in [7, 11) is 0. The Morgan fingerprint density at radius 3 is 2.63 bits per heavy atom. The molecule has 30 heavy (non-hydrogen) atoms. The van der Waals surface area contributed by atoms with Gasteiger partial charge in [-0.05, 0) is 28.5 Å². The van der Waals surface area contributed by atoms with Gasteiger partial charge in [-0.15, -0.1) is 5.10 Å². The lowest BCUT2D eigenvalue weighted by molar-refractivity contribution is -0.135. The Hall–Kier alpha value is -4.27. The van der Waals surface area contributed by atoms with Crippen LogP contribution in [-0.2, 0) is 11.3 Å². The van der Waals surface area contributed by atoms with Crippen LogP contribution in [0.1, 0.15) is 16.1 Å². The number of nitrogens with zero attached hydrogens (tertiary/aromatic N) is 4. The molecule has 2 aromatic carbocycles. The number of carbonyl (C=O) groups is 2. The molecule has 0 saturated carbocycles. The maximum Gasteiger partial charge on any atom is 0.322 e. The van der Waals surface area contributed by atoms with Gasteiger partial charge in [-0.2, -0.15) is 0 Å². The number of fused-ring (bicyclic) bond motifs is 1. The minimum absolute atomic E-state index is 0.261. The quantitative estimate of drug-likeness (QED) is 0.449. The molecule has 4 aromatic rings. The third kappa shape index (κ3) is 4.09. The van der Waals surface area contributed by atoms with E-state index in [1.807, 2.05) is 24.3 Å². The average molecular weight is 403 g/mol. The maximum atomic E-state index is 11.9. The van der Waals surface area contributed by atoms with Gasteiger partial charge in [-0.1, -0.05) is 41.6 Å².